The second kappa shape index (κ2) is 11.8. The van der Waals surface area contributed by atoms with Gasteiger partial charge in [0.1, 0.15) is 11.6 Å². The number of morpholine rings is 1. The lowest BCUT2D eigenvalue weighted by atomic mass is 10.1. The lowest BCUT2D eigenvalue weighted by Crippen LogP contribution is -2.42. The van der Waals surface area contributed by atoms with Crippen LogP contribution >= 0.6 is 0 Å². The Morgan fingerprint density at radius 1 is 1.21 bits per heavy atom. The summed E-state index contributed by atoms with van der Waals surface area (Å²) in [5, 5.41) is 3.17. The van der Waals surface area contributed by atoms with Gasteiger partial charge >= 0.3 is 0 Å². The molecule has 2 bridgehead atoms. The highest BCUT2D eigenvalue weighted by Crippen LogP contribution is 2.28. The highest BCUT2D eigenvalue weighted by atomic mass is 16.5. The number of nitrogens with one attached hydrogen (secondary N) is 2. The molecule has 1 fully saturated rings. The van der Waals surface area contributed by atoms with E-state index in [-0.39, 0.29) is 31.1 Å². The van der Waals surface area contributed by atoms with Crippen molar-refractivity contribution in [2.24, 2.45) is 9.98 Å². The zero-order valence-corrected chi connectivity index (χ0v) is 21.9. The van der Waals surface area contributed by atoms with Crippen molar-refractivity contribution in [2.75, 3.05) is 72.0 Å². The Kier molecular flexibility index (Phi) is 8.08. The highest BCUT2D eigenvalue weighted by Gasteiger charge is 2.26. The first-order chi connectivity index (χ1) is 18.5. The van der Waals surface area contributed by atoms with Crippen LogP contribution in [0.4, 0.5) is 5.82 Å². The van der Waals surface area contributed by atoms with E-state index in [4.69, 9.17) is 19.2 Å². The van der Waals surface area contributed by atoms with Crippen LogP contribution in [0.1, 0.15) is 24.0 Å². The minimum absolute atomic E-state index is 0.109. The number of carbonyl (C=O) groups excluding carboxylic acids is 2. The molecule has 12 nitrogen and oxygen atoms in total. The van der Waals surface area contributed by atoms with E-state index in [9.17, 15) is 9.59 Å². The van der Waals surface area contributed by atoms with E-state index >= 15 is 0 Å². The largest absolute Gasteiger partial charge is 0.484 e. The SMILES string of the molecule is CN1CCCN(C)C(=O)COC2=C(OCC(=O)N3CCOCC3)C=CC(C2)/N=C2\N=CNc3[nH]cc(c32)C1. The average molecular weight is 526 g/mol. The number of hydrogen-bond acceptors (Lipinski definition) is 9. The molecule has 1 aromatic heterocycles. The minimum atomic E-state index is -0.272. The van der Waals surface area contributed by atoms with Crippen molar-refractivity contribution >= 4 is 29.8 Å². The number of amides is 2. The lowest BCUT2D eigenvalue weighted by molar-refractivity contribution is -0.139. The number of hydrogen-bond donors (Lipinski definition) is 2. The van der Waals surface area contributed by atoms with Crippen LogP contribution in [0.5, 0.6) is 0 Å². The number of rotatable bonds is 3. The molecule has 4 heterocycles. The summed E-state index contributed by atoms with van der Waals surface area (Å²) in [5.74, 6) is 2.21. The quantitative estimate of drug-likeness (QED) is 0.602. The van der Waals surface area contributed by atoms with Crippen LogP contribution < -0.4 is 5.32 Å². The van der Waals surface area contributed by atoms with Crippen LogP contribution in [0.2, 0.25) is 0 Å². The maximum Gasteiger partial charge on any atom is 0.260 e. The molecule has 5 rings (SSSR count). The third-order valence-corrected chi connectivity index (χ3v) is 6.99. The summed E-state index contributed by atoms with van der Waals surface area (Å²) in [6.45, 7) is 4.10. The summed E-state index contributed by atoms with van der Waals surface area (Å²) in [4.78, 5) is 43.8. The topological polar surface area (TPSA) is 124 Å². The summed E-state index contributed by atoms with van der Waals surface area (Å²) >= 11 is 0. The number of fused-ring (bicyclic) bond motifs is 2. The molecule has 12 heteroatoms. The molecule has 1 aliphatic carbocycles. The van der Waals surface area contributed by atoms with Crippen LogP contribution in [0, 0.1) is 0 Å². The summed E-state index contributed by atoms with van der Waals surface area (Å²) in [5.41, 5.74) is 2.05. The molecule has 0 spiro atoms. The number of aromatic nitrogens is 1. The Morgan fingerprint density at radius 3 is 2.89 bits per heavy atom. The van der Waals surface area contributed by atoms with Gasteiger partial charge in [-0.05, 0) is 31.7 Å². The molecule has 204 valence electrons. The van der Waals surface area contributed by atoms with Crippen molar-refractivity contribution in [3.8, 4) is 0 Å². The molecular formula is C26H35N7O5. The van der Waals surface area contributed by atoms with E-state index in [1.165, 1.54) is 0 Å². The number of ether oxygens (including phenoxy) is 3. The molecule has 2 N–H and O–H groups in total. The number of carbonyl (C=O) groups is 2. The number of allylic oxidation sites excluding steroid dienone is 1. The van der Waals surface area contributed by atoms with Crippen molar-refractivity contribution in [3.05, 3.63) is 41.0 Å². The predicted molar refractivity (Wildman–Crippen MR) is 142 cm³/mol. The first kappa shape index (κ1) is 26.0. The third-order valence-electron chi connectivity index (χ3n) is 6.99. The Bertz CT molecular complexity index is 1160. The first-order valence-electron chi connectivity index (χ1n) is 13.0. The second-order valence-corrected chi connectivity index (χ2v) is 9.81. The number of likely N-dealkylation sites (N-methyl/N-ethyl adjacent to an activating group) is 1. The maximum absolute atomic E-state index is 12.8. The van der Waals surface area contributed by atoms with Gasteiger partial charge in [-0.2, -0.15) is 0 Å². The summed E-state index contributed by atoms with van der Waals surface area (Å²) in [6.07, 6.45) is 8.52. The minimum Gasteiger partial charge on any atom is -0.484 e. The van der Waals surface area contributed by atoms with E-state index < -0.39 is 0 Å². The molecule has 2 amide bonds. The molecule has 0 radical (unpaired) electrons. The standard InChI is InChI=1S/C26H35N7O5/c1-31-6-3-7-32(2)22(34)15-38-21-12-19(30-26-24-18(14-31)13-27-25(24)28-17-29-26)4-5-20(21)37-16-23(35)33-8-10-36-11-9-33/h4-5,13,17,19H,3,6-12,14-16H2,1-2H3,(H2,27,28,29,30). The van der Waals surface area contributed by atoms with Crippen LogP contribution in [0.3, 0.4) is 0 Å². The van der Waals surface area contributed by atoms with Crippen molar-refractivity contribution in [2.45, 2.75) is 25.4 Å². The zero-order valence-electron chi connectivity index (χ0n) is 21.9. The molecule has 1 unspecified atom stereocenters. The lowest BCUT2D eigenvalue weighted by Gasteiger charge is -2.27. The van der Waals surface area contributed by atoms with E-state index in [1.807, 2.05) is 12.3 Å². The van der Waals surface area contributed by atoms with Crippen molar-refractivity contribution in [3.63, 3.8) is 0 Å². The van der Waals surface area contributed by atoms with E-state index in [0.717, 1.165) is 36.5 Å². The smallest absolute Gasteiger partial charge is 0.260 e. The molecule has 38 heavy (non-hydrogen) atoms. The Labute approximate surface area is 222 Å². The molecule has 1 atom stereocenters. The normalized spacial score (nSPS) is 24.3. The van der Waals surface area contributed by atoms with Gasteiger partial charge in [-0.25, -0.2) is 4.99 Å². The first-order valence-corrected chi connectivity index (χ1v) is 13.0. The Morgan fingerprint density at radius 2 is 2.05 bits per heavy atom. The number of anilines is 1. The monoisotopic (exact) mass is 525 g/mol. The van der Waals surface area contributed by atoms with E-state index in [0.29, 0.717) is 56.6 Å². The number of aliphatic imine (C=N–C) groups is 2. The number of aromatic amines is 1. The van der Waals surface area contributed by atoms with Crippen molar-refractivity contribution in [1.82, 2.24) is 19.7 Å². The van der Waals surface area contributed by atoms with E-state index in [2.05, 4.69) is 27.2 Å². The van der Waals surface area contributed by atoms with Crippen LogP contribution in [0.25, 0.3) is 0 Å². The molecular weight excluding hydrogens is 490 g/mol. The molecule has 3 aliphatic heterocycles. The van der Waals surface area contributed by atoms with Gasteiger partial charge in [0.15, 0.2) is 24.8 Å². The van der Waals surface area contributed by atoms with Crippen LogP contribution in [-0.2, 0) is 30.3 Å². The van der Waals surface area contributed by atoms with Gasteiger partial charge in [0.25, 0.3) is 11.8 Å². The van der Waals surface area contributed by atoms with E-state index in [1.54, 1.807) is 29.3 Å². The van der Waals surface area contributed by atoms with Gasteiger partial charge in [0.2, 0.25) is 0 Å². The van der Waals surface area contributed by atoms with Gasteiger partial charge in [0, 0.05) is 45.8 Å². The Balaban J connectivity index is 1.39. The number of H-pyrrole nitrogens is 1. The summed E-state index contributed by atoms with van der Waals surface area (Å²) in [6, 6.07) is -0.272. The van der Waals surface area contributed by atoms with Gasteiger partial charge in [0.05, 0.1) is 31.2 Å². The zero-order chi connectivity index (χ0) is 26.5. The van der Waals surface area contributed by atoms with Crippen molar-refractivity contribution in [1.29, 1.82) is 0 Å². The van der Waals surface area contributed by atoms with Crippen LogP contribution in [0.15, 0.2) is 39.9 Å². The predicted octanol–water partition coefficient (Wildman–Crippen LogP) is 0.941. The van der Waals surface area contributed by atoms with Gasteiger partial charge < -0.3 is 39.2 Å². The van der Waals surface area contributed by atoms with Crippen molar-refractivity contribution < 1.29 is 23.8 Å². The number of amidine groups is 1. The molecule has 0 aromatic carbocycles. The van der Waals surface area contributed by atoms with Gasteiger partial charge in [-0.3, -0.25) is 14.6 Å². The molecule has 1 aromatic rings. The molecule has 0 saturated carbocycles. The maximum atomic E-state index is 12.8. The summed E-state index contributed by atoms with van der Waals surface area (Å²) < 4.78 is 17.2. The average Bonchev–Trinajstić information content (AvgIpc) is 3.34. The fourth-order valence-corrected chi connectivity index (χ4v) is 4.81. The third kappa shape index (κ3) is 6.08. The Hall–Kier alpha value is -3.64. The van der Waals surface area contributed by atoms with Gasteiger partial charge in [-0.15, -0.1) is 0 Å². The van der Waals surface area contributed by atoms with Gasteiger partial charge in [-0.1, -0.05) is 6.08 Å². The fourth-order valence-electron chi connectivity index (χ4n) is 4.81. The molecule has 1 saturated heterocycles. The molecule has 4 aliphatic rings. The fraction of sp³-hybridized carbons (Fsp3) is 0.538. The highest BCUT2D eigenvalue weighted by molar-refractivity contribution is 6.12. The second-order valence-electron chi connectivity index (χ2n) is 9.81. The summed E-state index contributed by atoms with van der Waals surface area (Å²) in [7, 11) is 3.85. The van der Waals surface area contributed by atoms with Crippen LogP contribution in [-0.4, -0.2) is 116 Å². The number of nitrogens with zero attached hydrogens (tertiary/aromatic N) is 5.